The highest BCUT2D eigenvalue weighted by molar-refractivity contribution is 6.33. The Hall–Kier alpha value is -1.88. The number of aromatic nitrogens is 3. The molecule has 0 fully saturated rings. The van der Waals surface area contributed by atoms with E-state index >= 15 is 0 Å². The van der Waals surface area contributed by atoms with Gasteiger partial charge < -0.3 is 0 Å². The van der Waals surface area contributed by atoms with Gasteiger partial charge in [0.15, 0.2) is 5.82 Å². The van der Waals surface area contributed by atoms with Gasteiger partial charge >= 0.3 is 0 Å². The van der Waals surface area contributed by atoms with Crippen molar-refractivity contribution in [3.63, 3.8) is 0 Å². The molecule has 5 nitrogen and oxygen atoms in total. The molecule has 1 aromatic heterocycles. The minimum Gasteiger partial charge on any atom is -0.293 e. The fourth-order valence-electron chi connectivity index (χ4n) is 1.25. The average molecular weight is 237 g/mol. The Bertz CT molecular complexity index is 523. The number of halogens is 1. The number of hydrogen-bond donors (Lipinski definition) is 2. The topological polar surface area (TPSA) is 70.7 Å². The lowest BCUT2D eigenvalue weighted by Gasteiger charge is -1.97. The number of hydrogen-bond acceptors (Lipinski definition) is 3. The van der Waals surface area contributed by atoms with Crippen LogP contribution < -0.4 is 5.32 Å². The molecule has 82 valence electrons. The first kappa shape index (κ1) is 10.6. The van der Waals surface area contributed by atoms with Gasteiger partial charge in [-0.15, -0.1) is 5.10 Å². The van der Waals surface area contributed by atoms with Crippen molar-refractivity contribution >= 4 is 23.5 Å². The molecule has 0 saturated heterocycles. The molecule has 0 spiro atoms. The third-order valence-corrected chi connectivity index (χ3v) is 2.23. The number of H-pyrrole nitrogens is 1. The van der Waals surface area contributed by atoms with Crippen molar-refractivity contribution in [2.45, 2.75) is 6.92 Å². The molecule has 0 aliphatic carbocycles. The van der Waals surface area contributed by atoms with Gasteiger partial charge in [-0.05, 0) is 12.1 Å². The fraction of sp³-hybridized carbons (Fsp3) is 0.100. The fourth-order valence-corrected chi connectivity index (χ4v) is 1.47. The maximum Gasteiger partial charge on any atom is 0.249 e. The summed E-state index contributed by atoms with van der Waals surface area (Å²) in [6, 6.07) is 7.26. The zero-order valence-electron chi connectivity index (χ0n) is 8.49. The Labute approximate surface area is 96.8 Å². The lowest BCUT2D eigenvalue weighted by atomic mass is 10.2. The number of rotatable bonds is 2. The van der Waals surface area contributed by atoms with Gasteiger partial charge in [-0.2, -0.15) is 4.98 Å². The predicted octanol–water partition coefficient (Wildman–Crippen LogP) is 2.08. The van der Waals surface area contributed by atoms with E-state index in [0.717, 1.165) is 5.56 Å². The summed E-state index contributed by atoms with van der Waals surface area (Å²) in [5, 5.41) is 9.61. The van der Waals surface area contributed by atoms with Gasteiger partial charge in [0.2, 0.25) is 11.9 Å². The Morgan fingerprint density at radius 3 is 2.88 bits per heavy atom. The Morgan fingerprint density at radius 2 is 2.19 bits per heavy atom. The average Bonchev–Trinajstić information content (AvgIpc) is 2.66. The van der Waals surface area contributed by atoms with Gasteiger partial charge in [0.05, 0.1) is 5.02 Å². The van der Waals surface area contributed by atoms with Crippen LogP contribution in [0.1, 0.15) is 6.92 Å². The van der Waals surface area contributed by atoms with Gasteiger partial charge in [-0.25, -0.2) is 0 Å². The number of nitrogens with zero attached hydrogens (tertiary/aromatic N) is 2. The number of nitrogens with one attached hydrogen (secondary N) is 2. The predicted molar refractivity (Wildman–Crippen MR) is 61.1 cm³/mol. The van der Waals surface area contributed by atoms with E-state index in [4.69, 9.17) is 11.6 Å². The van der Waals surface area contributed by atoms with Crippen LogP contribution in [0.5, 0.6) is 0 Å². The maximum atomic E-state index is 10.8. The van der Waals surface area contributed by atoms with Crippen molar-refractivity contribution in [1.82, 2.24) is 15.2 Å². The molecule has 1 heterocycles. The van der Waals surface area contributed by atoms with Crippen molar-refractivity contribution in [2.75, 3.05) is 5.32 Å². The summed E-state index contributed by atoms with van der Waals surface area (Å²) in [5.41, 5.74) is 0.744. The molecule has 0 aliphatic heterocycles. The van der Waals surface area contributed by atoms with Crippen LogP contribution in [0.3, 0.4) is 0 Å². The van der Waals surface area contributed by atoms with Crippen LogP contribution in [0.4, 0.5) is 5.95 Å². The summed E-state index contributed by atoms with van der Waals surface area (Å²) >= 11 is 6.00. The Kier molecular flexibility index (Phi) is 2.87. The molecule has 0 bridgehead atoms. The van der Waals surface area contributed by atoms with Crippen molar-refractivity contribution in [3.8, 4) is 11.4 Å². The molecule has 0 radical (unpaired) electrons. The van der Waals surface area contributed by atoms with Crippen molar-refractivity contribution in [3.05, 3.63) is 29.3 Å². The van der Waals surface area contributed by atoms with Gasteiger partial charge in [-0.3, -0.25) is 15.2 Å². The van der Waals surface area contributed by atoms with E-state index < -0.39 is 0 Å². The number of aromatic amines is 1. The smallest absolute Gasteiger partial charge is 0.249 e. The van der Waals surface area contributed by atoms with Crippen LogP contribution >= 0.6 is 11.6 Å². The largest absolute Gasteiger partial charge is 0.293 e. The van der Waals surface area contributed by atoms with Gasteiger partial charge in [0, 0.05) is 12.5 Å². The molecule has 0 saturated carbocycles. The van der Waals surface area contributed by atoms with Crippen molar-refractivity contribution < 1.29 is 4.79 Å². The van der Waals surface area contributed by atoms with E-state index in [1.165, 1.54) is 6.92 Å². The summed E-state index contributed by atoms with van der Waals surface area (Å²) in [4.78, 5) is 14.9. The minimum absolute atomic E-state index is 0.218. The minimum atomic E-state index is -0.218. The zero-order chi connectivity index (χ0) is 11.5. The molecule has 2 N–H and O–H groups in total. The third kappa shape index (κ3) is 2.20. The van der Waals surface area contributed by atoms with Crippen LogP contribution in [0.2, 0.25) is 5.02 Å². The van der Waals surface area contributed by atoms with Gasteiger partial charge in [-0.1, -0.05) is 23.7 Å². The van der Waals surface area contributed by atoms with Gasteiger partial charge in [0.25, 0.3) is 0 Å². The second-order valence-corrected chi connectivity index (χ2v) is 3.58. The lowest BCUT2D eigenvalue weighted by Crippen LogP contribution is -2.06. The first-order chi connectivity index (χ1) is 7.66. The van der Waals surface area contributed by atoms with E-state index in [0.29, 0.717) is 10.8 Å². The molecule has 2 rings (SSSR count). The molecular formula is C10H9ClN4O. The highest BCUT2D eigenvalue weighted by Crippen LogP contribution is 2.24. The SMILES string of the molecule is CC(=O)Nc1n[nH]c(-c2ccccc2Cl)n1. The highest BCUT2D eigenvalue weighted by Gasteiger charge is 2.08. The molecule has 1 aromatic carbocycles. The summed E-state index contributed by atoms with van der Waals surface area (Å²) in [7, 11) is 0. The summed E-state index contributed by atoms with van der Waals surface area (Å²) < 4.78 is 0. The molecule has 0 unspecified atom stereocenters. The molecule has 1 amide bonds. The maximum absolute atomic E-state index is 10.8. The Morgan fingerprint density at radius 1 is 1.44 bits per heavy atom. The van der Waals surface area contributed by atoms with Crippen LogP contribution in [0.15, 0.2) is 24.3 Å². The molecule has 6 heteroatoms. The first-order valence-electron chi connectivity index (χ1n) is 4.61. The number of amides is 1. The molecule has 16 heavy (non-hydrogen) atoms. The number of benzene rings is 1. The highest BCUT2D eigenvalue weighted by atomic mass is 35.5. The summed E-state index contributed by atoms with van der Waals surface area (Å²) in [6.07, 6.45) is 0. The van der Waals surface area contributed by atoms with Gasteiger partial charge in [0.1, 0.15) is 0 Å². The van der Waals surface area contributed by atoms with Crippen molar-refractivity contribution in [2.24, 2.45) is 0 Å². The zero-order valence-corrected chi connectivity index (χ0v) is 9.25. The number of carbonyl (C=O) groups is 1. The van der Waals surface area contributed by atoms with Crippen LogP contribution in [-0.4, -0.2) is 21.1 Å². The summed E-state index contributed by atoms with van der Waals surface area (Å²) in [6.45, 7) is 1.39. The Balaban J connectivity index is 2.32. The normalized spacial score (nSPS) is 10.1. The summed E-state index contributed by atoms with van der Waals surface area (Å²) in [5.74, 6) is 0.543. The van der Waals surface area contributed by atoms with E-state index in [1.54, 1.807) is 6.07 Å². The standard InChI is InChI=1S/C10H9ClN4O/c1-6(16)12-10-13-9(14-15-10)7-4-2-3-5-8(7)11/h2-5H,1H3,(H2,12,13,14,15,16). The van der Waals surface area contributed by atoms with Crippen LogP contribution in [0.25, 0.3) is 11.4 Å². The quantitative estimate of drug-likeness (QED) is 0.839. The number of anilines is 1. The molecular weight excluding hydrogens is 228 g/mol. The second kappa shape index (κ2) is 4.32. The van der Waals surface area contributed by atoms with E-state index in [9.17, 15) is 4.79 Å². The third-order valence-electron chi connectivity index (χ3n) is 1.90. The van der Waals surface area contributed by atoms with Crippen LogP contribution in [-0.2, 0) is 4.79 Å². The van der Waals surface area contributed by atoms with Crippen molar-refractivity contribution in [1.29, 1.82) is 0 Å². The van der Waals surface area contributed by atoms with E-state index in [1.807, 2.05) is 18.2 Å². The van der Waals surface area contributed by atoms with Crippen LogP contribution in [0, 0.1) is 0 Å². The monoisotopic (exact) mass is 236 g/mol. The molecule has 2 aromatic rings. The molecule has 0 aliphatic rings. The lowest BCUT2D eigenvalue weighted by molar-refractivity contribution is -0.114. The van der Waals surface area contributed by atoms with E-state index in [-0.39, 0.29) is 11.9 Å². The second-order valence-electron chi connectivity index (χ2n) is 3.17. The molecule has 0 atom stereocenters. The van der Waals surface area contributed by atoms with E-state index in [2.05, 4.69) is 20.5 Å². The first-order valence-corrected chi connectivity index (χ1v) is 4.99. The number of carbonyl (C=O) groups excluding carboxylic acids is 1.